The van der Waals surface area contributed by atoms with Gasteiger partial charge in [-0.3, -0.25) is 10.1 Å². The Labute approximate surface area is 118 Å². The minimum atomic E-state index is -0.967. The molecule has 0 atom stereocenters. The highest BCUT2D eigenvalue weighted by Crippen LogP contribution is 2.22. The summed E-state index contributed by atoms with van der Waals surface area (Å²) in [7, 11) is 0. The first-order valence-electron chi connectivity index (χ1n) is 5.88. The quantitative estimate of drug-likeness (QED) is 0.691. The number of hydrogen-bond acceptors (Lipinski definition) is 4. The van der Waals surface area contributed by atoms with Gasteiger partial charge in [0.15, 0.2) is 11.6 Å². The molecular weight excluding hydrogens is 280 g/mol. The molecule has 0 fully saturated rings. The van der Waals surface area contributed by atoms with Crippen LogP contribution >= 0.6 is 0 Å². The first-order valence-corrected chi connectivity index (χ1v) is 5.88. The highest BCUT2D eigenvalue weighted by molar-refractivity contribution is 5.61. The van der Waals surface area contributed by atoms with E-state index in [1.54, 1.807) is 0 Å². The fourth-order valence-electron chi connectivity index (χ4n) is 1.77. The minimum Gasteiger partial charge on any atom is -0.380 e. The van der Waals surface area contributed by atoms with Crippen LogP contribution in [0.1, 0.15) is 11.1 Å². The van der Waals surface area contributed by atoms with Crippen LogP contribution in [0.5, 0.6) is 0 Å². The van der Waals surface area contributed by atoms with E-state index in [2.05, 4.69) is 5.32 Å². The van der Waals surface area contributed by atoms with E-state index >= 15 is 0 Å². The fraction of sp³-hybridized carbons (Fsp3) is 0.0714. The molecule has 0 heterocycles. The molecule has 1 N–H and O–H groups in total. The number of benzene rings is 2. The van der Waals surface area contributed by atoms with Crippen LogP contribution in [0.4, 0.5) is 20.2 Å². The molecule has 0 aliphatic carbocycles. The number of nitrogens with one attached hydrogen (secondary N) is 1. The van der Waals surface area contributed by atoms with Crippen molar-refractivity contribution >= 4 is 11.4 Å². The number of rotatable bonds is 4. The molecule has 0 saturated carbocycles. The Bertz CT molecular complexity index is 741. The lowest BCUT2D eigenvalue weighted by atomic mass is 10.1. The number of nitro benzene ring substituents is 1. The van der Waals surface area contributed by atoms with E-state index in [0.717, 1.165) is 12.1 Å². The summed E-state index contributed by atoms with van der Waals surface area (Å²) in [6.45, 7) is -0.0456. The van der Waals surface area contributed by atoms with E-state index in [0.29, 0.717) is 5.69 Å². The number of anilines is 1. The maximum Gasteiger partial charge on any atom is 0.270 e. The summed E-state index contributed by atoms with van der Waals surface area (Å²) in [5.74, 6) is -1.93. The van der Waals surface area contributed by atoms with Gasteiger partial charge < -0.3 is 5.32 Å². The first kappa shape index (κ1) is 14.4. The summed E-state index contributed by atoms with van der Waals surface area (Å²) in [6, 6.07) is 9.30. The molecule has 2 aromatic carbocycles. The van der Waals surface area contributed by atoms with Crippen molar-refractivity contribution < 1.29 is 13.7 Å². The molecule has 0 amide bonds. The number of hydrogen-bond donors (Lipinski definition) is 1. The van der Waals surface area contributed by atoms with Crippen LogP contribution in [0, 0.1) is 33.1 Å². The van der Waals surface area contributed by atoms with Crippen molar-refractivity contribution in [2.24, 2.45) is 0 Å². The largest absolute Gasteiger partial charge is 0.380 e. The van der Waals surface area contributed by atoms with Crippen molar-refractivity contribution in [2.45, 2.75) is 6.54 Å². The lowest BCUT2D eigenvalue weighted by Crippen LogP contribution is -2.05. The molecule has 21 heavy (non-hydrogen) atoms. The molecular formula is C14H9F2N3O2. The summed E-state index contributed by atoms with van der Waals surface area (Å²) >= 11 is 0. The number of non-ortho nitro benzene ring substituents is 1. The zero-order chi connectivity index (χ0) is 15.4. The molecule has 0 aromatic heterocycles. The van der Waals surface area contributed by atoms with Gasteiger partial charge in [-0.05, 0) is 12.1 Å². The monoisotopic (exact) mass is 289 g/mol. The Morgan fingerprint density at radius 3 is 2.71 bits per heavy atom. The number of nitro groups is 1. The van der Waals surface area contributed by atoms with Crippen molar-refractivity contribution in [3.63, 3.8) is 0 Å². The maximum absolute atomic E-state index is 13.5. The predicted octanol–water partition coefficient (Wildman–Crippen LogP) is 3.36. The van der Waals surface area contributed by atoms with Gasteiger partial charge in [0, 0.05) is 24.2 Å². The molecule has 7 heteroatoms. The van der Waals surface area contributed by atoms with Gasteiger partial charge >= 0.3 is 0 Å². The van der Waals surface area contributed by atoms with Crippen LogP contribution in [0.25, 0.3) is 0 Å². The van der Waals surface area contributed by atoms with Crippen molar-refractivity contribution in [1.29, 1.82) is 5.26 Å². The zero-order valence-electron chi connectivity index (χ0n) is 10.6. The highest BCUT2D eigenvalue weighted by atomic mass is 19.2. The second kappa shape index (κ2) is 5.96. The molecule has 0 spiro atoms. The Morgan fingerprint density at radius 2 is 2.05 bits per heavy atom. The van der Waals surface area contributed by atoms with Gasteiger partial charge in [-0.15, -0.1) is 0 Å². The minimum absolute atomic E-state index is 0.0456. The SMILES string of the molecule is N#Cc1cc([N+](=O)[O-])ccc1NCc1cccc(F)c1F. The van der Waals surface area contributed by atoms with Crippen LogP contribution in [0.15, 0.2) is 36.4 Å². The maximum atomic E-state index is 13.5. The summed E-state index contributed by atoms with van der Waals surface area (Å²) in [4.78, 5) is 10.0. The number of nitrogens with zero attached hydrogens (tertiary/aromatic N) is 2. The van der Waals surface area contributed by atoms with Crippen LogP contribution in [-0.2, 0) is 6.54 Å². The molecule has 0 radical (unpaired) electrons. The molecule has 0 bridgehead atoms. The molecule has 2 rings (SSSR count). The summed E-state index contributed by atoms with van der Waals surface area (Å²) in [5, 5.41) is 22.4. The van der Waals surface area contributed by atoms with Crippen molar-refractivity contribution in [2.75, 3.05) is 5.32 Å². The van der Waals surface area contributed by atoms with E-state index in [9.17, 15) is 18.9 Å². The molecule has 0 saturated heterocycles. The molecule has 0 aliphatic rings. The molecule has 106 valence electrons. The van der Waals surface area contributed by atoms with Crippen LogP contribution < -0.4 is 5.32 Å². The Kier molecular flexibility index (Phi) is 4.09. The summed E-state index contributed by atoms with van der Waals surface area (Å²) in [6.07, 6.45) is 0. The van der Waals surface area contributed by atoms with Gasteiger partial charge in [-0.25, -0.2) is 8.78 Å². The third-order valence-electron chi connectivity index (χ3n) is 2.84. The summed E-state index contributed by atoms with van der Waals surface area (Å²) in [5.41, 5.74) is 0.249. The van der Waals surface area contributed by atoms with Gasteiger partial charge in [0.25, 0.3) is 5.69 Å². The predicted molar refractivity (Wildman–Crippen MR) is 71.5 cm³/mol. The van der Waals surface area contributed by atoms with E-state index in [-0.39, 0.29) is 23.4 Å². The molecule has 0 aliphatic heterocycles. The second-order valence-corrected chi connectivity index (χ2v) is 4.17. The molecule has 5 nitrogen and oxygen atoms in total. The summed E-state index contributed by atoms with van der Waals surface area (Å²) < 4.78 is 26.5. The fourth-order valence-corrected chi connectivity index (χ4v) is 1.77. The zero-order valence-corrected chi connectivity index (χ0v) is 10.6. The Morgan fingerprint density at radius 1 is 1.29 bits per heavy atom. The Balaban J connectivity index is 2.22. The van der Waals surface area contributed by atoms with E-state index < -0.39 is 16.6 Å². The third kappa shape index (κ3) is 3.12. The van der Waals surface area contributed by atoms with E-state index in [4.69, 9.17) is 5.26 Å². The van der Waals surface area contributed by atoms with Gasteiger partial charge in [-0.2, -0.15) is 5.26 Å². The van der Waals surface area contributed by atoms with Crippen molar-refractivity contribution in [3.8, 4) is 6.07 Å². The molecule has 0 unspecified atom stereocenters. The van der Waals surface area contributed by atoms with Crippen LogP contribution in [0.3, 0.4) is 0 Å². The highest BCUT2D eigenvalue weighted by Gasteiger charge is 2.12. The van der Waals surface area contributed by atoms with Gasteiger partial charge in [-0.1, -0.05) is 12.1 Å². The lowest BCUT2D eigenvalue weighted by Gasteiger charge is -2.09. The average Bonchev–Trinajstić information content (AvgIpc) is 2.48. The second-order valence-electron chi connectivity index (χ2n) is 4.17. The number of nitriles is 1. The van der Waals surface area contributed by atoms with E-state index in [1.807, 2.05) is 6.07 Å². The third-order valence-corrected chi connectivity index (χ3v) is 2.84. The van der Waals surface area contributed by atoms with Crippen LogP contribution in [-0.4, -0.2) is 4.92 Å². The van der Waals surface area contributed by atoms with Crippen molar-refractivity contribution in [3.05, 3.63) is 69.3 Å². The standard InChI is InChI=1S/C14H9F2N3O2/c15-12-3-1-2-9(14(12)16)8-18-13-5-4-11(19(20)21)6-10(13)7-17/h1-6,18H,8H2. The van der Waals surface area contributed by atoms with Gasteiger partial charge in [0.05, 0.1) is 16.2 Å². The number of halogens is 2. The topological polar surface area (TPSA) is 79.0 Å². The normalized spacial score (nSPS) is 9.95. The first-order chi connectivity index (χ1) is 10.0. The Hall–Kier alpha value is -3.01. The van der Waals surface area contributed by atoms with E-state index in [1.165, 1.54) is 24.3 Å². The lowest BCUT2D eigenvalue weighted by molar-refractivity contribution is -0.384. The molecule has 2 aromatic rings. The average molecular weight is 289 g/mol. The van der Waals surface area contributed by atoms with Crippen molar-refractivity contribution in [1.82, 2.24) is 0 Å². The van der Waals surface area contributed by atoms with Gasteiger partial charge in [0.1, 0.15) is 6.07 Å². The van der Waals surface area contributed by atoms with Crippen LogP contribution in [0.2, 0.25) is 0 Å². The van der Waals surface area contributed by atoms with Gasteiger partial charge in [0.2, 0.25) is 0 Å². The smallest absolute Gasteiger partial charge is 0.270 e.